The van der Waals surface area contributed by atoms with E-state index in [2.05, 4.69) is 0 Å². The summed E-state index contributed by atoms with van der Waals surface area (Å²) in [5, 5.41) is 10.9. The number of benzene rings is 2. The summed E-state index contributed by atoms with van der Waals surface area (Å²) in [6.07, 6.45) is 0. The van der Waals surface area contributed by atoms with E-state index in [1.165, 1.54) is 0 Å². The fourth-order valence-electron chi connectivity index (χ4n) is 1.37. The molecule has 0 saturated heterocycles. The van der Waals surface area contributed by atoms with Gasteiger partial charge in [-0.2, -0.15) is 0 Å². The molecular weight excluding hydrogens is 261 g/mol. The monoisotopic (exact) mass is 267 g/mol. The molecule has 0 amide bonds. The van der Waals surface area contributed by atoms with E-state index in [-0.39, 0.29) is 11.4 Å². The van der Waals surface area contributed by atoms with Gasteiger partial charge in [-0.15, -0.1) is 0 Å². The highest BCUT2D eigenvalue weighted by Crippen LogP contribution is 2.31. The quantitative estimate of drug-likeness (QED) is 0.619. The molecule has 0 fully saturated rings. The molecule has 6 heteroatoms. The zero-order valence-electron chi connectivity index (χ0n) is 8.97. The maximum Gasteiger partial charge on any atom is 0.276 e. The Morgan fingerprint density at radius 3 is 2.61 bits per heavy atom. The largest absolute Gasteiger partial charge is 0.455 e. The fourth-order valence-corrected chi connectivity index (χ4v) is 1.54. The zero-order chi connectivity index (χ0) is 13.1. The predicted molar refractivity (Wildman–Crippen MR) is 64.6 cm³/mol. The van der Waals surface area contributed by atoms with E-state index in [9.17, 15) is 14.5 Å². The number of nitro benzene ring substituents is 1. The van der Waals surface area contributed by atoms with Gasteiger partial charge in [-0.1, -0.05) is 23.7 Å². The van der Waals surface area contributed by atoms with E-state index in [0.717, 1.165) is 18.2 Å². The van der Waals surface area contributed by atoms with Crippen molar-refractivity contribution in [3.8, 4) is 11.5 Å². The minimum atomic E-state index is -0.744. The molecule has 0 spiro atoms. The van der Waals surface area contributed by atoms with Crippen LogP contribution in [0.4, 0.5) is 10.1 Å². The number of hydrogen-bond donors (Lipinski definition) is 0. The summed E-state index contributed by atoms with van der Waals surface area (Å²) in [4.78, 5) is 9.89. The second-order valence-corrected chi connectivity index (χ2v) is 3.84. The van der Waals surface area contributed by atoms with Crippen molar-refractivity contribution in [2.45, 2.75) is 0 Å². The van der Waals surface area contributed by atoms with Crippen LogP contribution in [0.3, 0.4) is 0 Å². The third-order valence-electron chi connectivity index (χ3n) is 2.13. The van der Waals surface area contributed by atoms with Crippen molar-refractivity contribution in [2.75, 3.05) is 0 Å². The summed E-state index contributed by atoms with van der Waals surface area (Å²) in [5.41, 5.74) is -0.378. The van der Waals surface area contributed by atoms with Crippen molar-refractivity contribution in [2.24, 2.45) is 0 Å². The van der Waals surface area contributed by atoms with Gasteiger partial charge in [0.2, 0.25) is 0 Å². The van der Waals surface area contributed by atoms with Gasteiger partial charge < -0.3 is 4.74 Å². The molecule has 2 aromatic rings. The first-order valence-electron chi connectivity index (χ1n) is 4.93. The number of ether oxygens (including phenoxy) is 1. The lowest BCUT2D eigenvalue weighted by Gasteiger charge is -2.07. The molecule has 0 heterocycles. The number of halogens is 2. The fraction of sp³-hybridized carbons (Fsp3) is 0. The normalized spacial score (nSPS) is 10.1. The van der Waals surface area contributed by atoms with Crippen LogP contribution in [0.1, 0.15) is 0 Å². The van der Waals surface area contributed by atoms with E-state index in [0.29, 0.717) is 10.8 Å². The highest BCUT2D eigenvalue weighted by Gasteiger charge is 2.12. The summed E-state index contributed by atoms with van der Waals surface area (Å²) in [6.45, 7) is 0. The van der Waals surface area contributed by atoms with Crippen molar-refractivity contribution in [3.63, 3.8) is 0 Å². The van der Waals surface area contributed by atoms with E-state index in [4.69, 9.17) is 16.3 Å². The molecule has 18 heavy (non-hydrogen) atoms. The maximum absolute atomic E-state index is 13.2. The molecule has 0 unspecified atom stereocenters. The van der Waals surface area contributed by atoms with Crippen molar-refractivity contribution in [1.29, 1.82) is 0 Å². The SMILES string of the molecule is O=[N+]([O-])c1cc(F)cc(Oc2ccccc2Cl)c1. The lowest BCUT2D eigenvalue weighted by Crippen LogP contribution is -1.92. The molecule has 0 bridgehead atoms. The van der Waals surface area contributed by atoms with Crippen LogP contribution in [-0.2, 0) is 0 Å². The van der Waals surface area contributed by atoms with Crippen molar-refractivity contribution in [1.82, 2.24) is 0 Å². The summed E-state index contributed by atoms with van der Waals surface area (Å²) in [7, 11) is 0. The van der Waals surface area contributed by atoms with Crippen LogP contribution in [0.15, 0.2) is 42.5 Å². The number of para-hydroxylation sites is 1. The first-order chi connectivity index (χ1) is 8.56. The third-order valence-corrected chi connectivity index (χ3v) is 2.44. The Labute approximate surface area is 107 Å². The number of hydrogen-bond acceptors (Lipinski definition) is 3. The van der Waals surface area contributed by atoms with Gasteiger partial charge >= 0.3 is 0 Å². The molecule has 0 aliphatic rings. The van der Waals surface area contributed by atoms with Crippen LogP contribution in [0, 0.1) is 15.9 Å². The highest BCUT2D eigenvalue weighted by atomic mass is 35.5. The van der Waals surface area contributed by atoms with Crippen molar-refractivity contribution < 1.29 is 14.1 Å². The van der Waals surface area contributed by atoms with Gasteiger partial charge in [0.15, 0.2) is 0 Å². The lowest BCUT2D eigenvalue weighted by molar-refractivity contribution is -0.385. The van der Waals surface area contributed by atoms with Gasteiger partial charge in [-0.05, 0) is 12.1 Å². The minimum Gasteiger partial charge on any atom is -0.455 e. The zero-order valence-corrected chi connectivity index (χ0v) is 9.73. The van der Waals surface area contributed by atoms with Gasteiger partial charge in [0.1, 0.15) is 17.3 Å². The summed E-state index contributed by atoms with van der Waals surface area (Å²) in [5.74, 6) is -0.417. The Hall–Kier alpha value is -2.14. The maximum atomic E-state index is 13.2. The molecule has 0 aromatic heterocycles. The van der Waals surface area contributed by atoms with E-state index < -0.39 is 10.7 Å². The Balaban J connectivity index is 2.35. The van der Waals surface area contributed by atoms with Crippen LogP contribution in [-0.4, -0.2) is 4.92 Å². The first kappa shape index (κ1) is 12.3. The van der Waals surface area contributed by atoms with Crippen LogP contribution in [0.5, 0.6) is 11.5 Å². The smallest absolute Gasteiger partial charge is 0.276 e. The van der Waals surface area contributed by atoms with Crippen LogP contribution < -0.4 is 4.74 Å². The average molecular weight is 268 g/mol. The van der Waals surface area contributed by atoms with Crippen LogP contribution in [0.25, 0.3) is 0 Å². The highest BCUT2D eigenvalue weighted by molar-refractivity contribution is 6.32. The summed E-state index contributed by atoms with van der Waals surface area (Å²) < 4.78 is 18.5. The predicted octanol–water partition coefficient (Wildman–Crippen LogP) is 4.18. The van der Waals surface area contributed by atoms with Gasteiger partial charge in [-0.3, -0.25) is 10.1 Å². The molecular formula is C12H7ClFNO3. The van der Waals surface area contributed by atoms with Gasteiger partial charge in [-0.25, -0.2) is 4.39 Å². The molecule has 0 N–H and O–H groups in total. The van der Waals surface area contributed by atoms with E-state index in [1.807, 2.05) is 0 Å². The Morgan fingerprint density at radius 2 is 1.94 bits per heavy atom. The van der Waals surface area contributed by atoms with Crippen LogP contribution in [0.2, 0.25) is 5.02 Å². The minimum absolute atomic E-state index is 0.0230. The van der Waals surface area contributed by atoms with Crippen molar-refractivity contribution in [3.05, 3.63) is 63.4 Å². The topological polar surface area (TPSA) is 52.4 Å². The summed E-state index contributed by atoms with van der Waals surface area (Å²) >= 11 is 5.86. The lowest BCUT2D eigenvalue weighted by atomic mass is 10.3. The molecule has 92 valence electrons. The molecule has 0 aliphatic carbocycles. The number of rotatable bonds is 3. The van der Waals surface area contributed by atoms with Gasteiger partial charge in [0.05, 0.1) is 22.1 Å². The molecule has 0 saturated carbocycles. The number of non-ortho nitro benzene ring substituents is 1. The summed E-state index contributed by atoms with van der Waals surface area (Å²) in [6, 6.07) is 9.59. The Morgan fingerprint density at radius 1 is 1.22 bits per heavy atom. The Bertz CT molecular complexity index is 604. The van der Waals surface area contributed by atoms with Gasteiger partial charge in [0, 0.05) is 6.07 Å². The second-order valence-electron chi connectivity index (χ2n) is 3.43. The molecule has 2 rings (SSSR count). The Kier molecular flexibility index (Phi) is 3.43. The van der Waals surface area contributed by atoms with Gasteiger partial charge in [0.25, 0.3) is 5.69 Å². The average Bonchev–Trinajstić information content (AvgIpc) is 2.31. The molecule has 0 aliphatic heterocycles. The molecule has 0 atom stereocenters. The number of nitro groups is 1. The first-order valence-corrected chi connectivity index (χ1v) is 5.31. The second kappa shape index (κ2) is 5.01. The molecule has 0 radical (unpaired) electrons. The number of nitrogens with zero attached hydrogens (tertiary/aromatic N) is 1. The van der Waals surface area contributed by atoms with Crippen molar-refractivity contribution >= 4 is 17.3 Å². The van der Waals surface area contributed by atoms with E-state index in [1.54, 1.807) is 24.3 Å². The molecule has 4 nitrogen and oxygen atoms in total. The van der Waals surface area contributed by atoms with Crippen LogP contribution >= 0.6 is 11.6 Å². The molecule has 2 aromatic carbocycles. The van der Waals surface area contributed by atoms with E-state index >= 15 is 0 Å². The third kappa shape index (κ3) is 2.75. The standard InChI is InChI=1S/C12H7ClFNO3/c13-11-3-1-2-4-12(11)18-10-6-8(14)5-9(7-10)15(16)17/h1-7H.